The molecule has 2 rings (SSSR count). The second kappa shape index (κ2) is 14.0. The normalized spacial score (nSPS) is 11.2. The van der Waals surface area contributed by atoms with Gasteiger partial charge in [-0.15, -0.1) is 0 Å². The van der Waals surface area contributed by atoms with Gasteiger partial charge in [0.2, 0.25) is 0 Å². The number of nitrogens with one attached hydrogen (secondary N) is 1. The maximum atomic E-state index is 12.2. The average Bonchev–Trinajstić information content (AvgIpc) is 2.67. The van der Waals surface area contributed by atoms with Gasteiger partial charge < -0.3 is 15.2 Å². The third-order valence-corrected chi connectivity index (χ3v) is 4.65. The Hall–Kier alpha value is -2.08. The van der Waals surface area contributed by atoms with Crippen LogP contribution in [0.5, 0.6) is 0 Å². The smallest absolute Gasteiger partial charge is 0.323 e. The molecule has 0 aromatic heterocycles. The van der Waals surface area contributed by atoms with Crippen LogP contribution >= 0.6 is 23.2 Å². The first-order valence-corrected chi connectivity index (χ1v) is 10.2. The number of ether oxygens (including phenoxy) is 1. The van der Waals surface area contributed by atoms with Gasteiger partial charge in [0, 0.05) is 13.5 Å². The van der Waals surface area contributed by atoms with E-state index in [-0.39, 0.29) is 12.0 Å². The lowest BCUT2D eigenvalue weighted by atomic mass is 10.0. The summed E-state index contributed by atoms with van der Waals surface area (Å²) >= 11 is 12.0. The molecule has 0 saturated carbocycles. The van der Waals surface area contributed by atoms with E-state index in [0.29, 0.717) is 29.6 Å². The number of carbonyl (C=O) groups excluding carboxylic acids is 1. The molecular weight excluding hydrogens is 413 g/mol. The van der Waals surface area contributed by atoms with Crippen molar-refractivity contribution in [3.05, 3.63) is 69.7 Å². The zero-order chi connectivity index (χ0) is 21.6. The number of carbonyl (C=O) groups is 2. The van der Waals surface area contributed by atoms with Gasteiger partial charge in [-0.05, 0) is 49.4 Å². The number of halogens is 2. The summed E-state index contributed by atoms with van der Waals surface area (Å²) in [6, 6.07) is 15.3. The summed E-state index contributed by atoms with van der Waals surface area (Å²) in [5, 5.41) is 11.8. The molecule has 0 aliphatic rings. The highest BCUT2D eigenvalue weighted by Crippen LogP contribution is 2.23. The largest absolute Gasteiger partial charge is 0.481 e. The van der Waals surface area contributed by atoms with E-state index in [9.17, 15) is 4.79 Å². The molecule has 0 aliphatic carbocycles. The van der Waals surface area contributed by atoms with Crippen molar-refractivity contribution in [2.45, 2.75) is 45.7 Å². The standard InChI is InChI=1S/C20H23Cl2NO2.C2H4O2/c1-2-25-20(24)19(23-14-16-7-4-3-5-8-16)10-6-9-15-11-12-17(21)18(22)13-15;1-2(3)4/h3-5,7-8,11-13,19,23H,2,6,9-10,14H2,1H3;1H3,(H,3,4). The Morgan fingerprint density at radius 1 is 1.07 bits per heavy atom. The first-order chi connectivity index (χ1) is 13.8. The number of carboxylic acids is 1. The van der Waals surface area contributed by atoms with Gasteiger partial charge in [-0.1, -0.05) is 59.6 Å². The van der Waals surface area contributed by atoms with Gasteiger partial charge in [0.05, 0.1) is 16.7 Å². The van der Waals surface area contributed by atoms with E-state index in [1.165, 1.54) is 0 Å². The molecule has 0 fully saturated rings. The molecule has 2 aromatic carbocycles. The van der Waals surface area contributed by atoms with Crippen LogP contribution in [-0.2, 0) is 27.3 Å². The lowest BCUT2D eigenvalue weighted by Crippen LogP contribution is -2.37. The minimum atomic E-state index is -0.833. The molecular formula is C22H27Cl2NO4. The van der Waals surface area contributed by atoms with Crippen molar-refractivity contribution in [1.29, 1.82) is 0 Å². The molecule has 0 bridgehead atoms. The first kappa shape index (κ1) is 25.0. The van der Waals surface area contributed by atoms with Crippen LogP contribution in [-0.4, -0.2) is 29.7 Å². The summed E-state index contributed by atoms with van der Waals surface area (Å²) in [6.07, 6.45) is 2.38. The maximum Gasteiger partial charge on any atom is 0.323 e. The van der Waals surface area contributed by atoms with E-state index in [1.807, 2.05) is 49.4 Å². The number of rotatable bonds is 9. The van der Waals surface area contributed by atoms with Crippen molar-refractivity contribution in [3.8, 4) is 0 Å². The number of aryl methyl sites for hydroxylation is 1. The van der Waals surface area contributed by atoms with Crippen LogP contribution < -0.4 is 5.32 Å². The molecule has 0 radical (unpaired) electrons. The number of carboxylic acid groups (broad SMARTS) is 1. The fourth-order valence-electron chi connectivity index (χ4n) is 2.59. The van der Waals surface area contributed by atoms with Gasteiger partial charge in [0.1, 0.15) is 6.04 Å². The van der Waals surface area contributed by atoms with Crippen molar-refractivity contribution in [1.82, 2.24) is 5.32 Å². The zero-order valence-electron chi connectivity index (χ0n) is 16.7. The van der Waals surface area contributed by atoms with Crippen molar-refractivity contribution in [2.24, 2.45) is 0 Å². The van der Waals surface area contributed by atoms with Gasteiger partial charge in [-0.25, -0.2) is 0 Å². The van der Waals surface area contributed by atoms with Crippen molar-refractivity contribution < 1.29 is 19.4 Å². The van der Waals surface area contributed by atoms with Gasteiger partial charge in [-0.3, -0.25) is 9.59 Å². The Morgan fingerprint density at radius 2 is 1.72 bits per heavy atom. The van der Waals surface area contributed by atoms with Crippen molar-refractivity contribution in [2.75, 3.05) is 6.61 Å². The summed E-state index contributed by atoms with van der Waals surface area (Å²) in [4.78, 5) is 21.2. The van der Waals surface area contributed by atoms with Crippen LogP contribution in [0.15, 0.2) is 48.5 Å². The Bertz CT molecular complexity index is 765. The molecule has 2 aromatic rings. The van der Waals surface area contributed by atoms with Gasteiger partial charge >= 0.3 is 5.97 Å². The summed E-state index contributed by atoms with van der Waals surface area (Å²) in [7, 11) is 0. The zero-order valence-corrected chi connectivity index (χ0v) is 18.2. The average molecular weight is 440 g/mol. The highest BCUT2D eigenvalue weighted by Gasteiger charge is 2.18. The number of hydrogen-bond donors (Lipinski definition) is 2. The second-order valence-corrected chi connectivity index (χ2v) is 7.15. The molecule has 5 nitrogen and oxygen atoms in total. The maximum absolute atomic E-state index is 12.2. The highest BCUT2D eigenvalue weighted by molar-refractivity contribution is 6.42. The molecule has 1 unspecified atom stereocenters. The lowest BCUT2D eigenvalue weighted by molar-refractivity contribution is -0.146. The molecule has 0 spiro atoms. The summed E-state index contributed by atoms with van der Waals surface area (Å²) < 4.78 is 5.19. The van der Waals surface area contributed by atoms with E-state index in [4.69, 9.17) is 37.8 Å². The van der Waals surface area contributed by atoms with E-state index < -0.39 is 5.97 Å². The molecule has 0 heterocycles. The fourth-order valence-corrected chi connectivity index (χ4v) is 2.91. The van der Waals surface area contributed by atoms with Crippen LogP contribution in [0.3, 0.4) is 0 Å². The summed E-state index contributed by atoms with van der Waals surface area (Å²) in [6.45, 7) is 3.92. The Kier molecular flexibility index (Phi) is 12.0. The Morgan fingerprint density at radius 3 is 2.31 bits per heavy atom. The van der Waals surface area contributed by atoms with Crippen LogP contribution in [0.2, 0.25) is 10.0 Å². The number of benzene rings is 2. The number of esters is 1. The fraction of sp³-hybridized carbons (Fsp3) is 0.364. The predicted molar refractivity (Wildman–Crippen MR) is 116 cm³/mol. The van der Waals surface area contributed by atoms with E-state index in [2.05, 4.69) is 5.32 Å². The number of aliphatic carboxylic acids is 1. The van der Waals surface area contributed by atoms with Gasteiger partial charge in [0.25, 0.3) is 5.97 Å². The van der Waals surface area contributed by atoms with Crippen molar-refractivity contribution >= 4 is 35.1 Å². The monoisotopic (exact) mass is 439 g/mol. The van der Waals surface area contributed by atoms with E-state index in [0.717, 1.165) is 30.9 Å². The van der Waals surface area contributed by atoms with E-state index in [1.54, 1.807) is 6.07 Å². The Balaban J connectivity index is 0.000000960. The third-order valence-electron chi connectivity index (χ3n) is 3.91. The number of hydrogen-bond acceptors (Lipinski definition) is 4. The van der Waals surface area contributed by atoms with Crippen LogP contribution in [0.1, 0.15) is 37.8 Å². The third kappa shape index (κ3) is 10.9. The quantitative estimate of drug-likeness (QED) is 0.529. The highest BCUT2D eigenvalue weighted by atomic mass is 35.5. The molecule has 0 aliphatic heterocycles. The van der Waals surface area contributed by atoms with Gasteiger partial charge in [-0.2, -0.15) is 0 Å². The molecule has 1 atom stereocenters. The summed E-state index contributed by atoms with van der Waals surface area (Å²) in [5.41, 5.74) is 2.25. The van der Waals surface area contributed by atoms with Crippen LogP contribution in [0.4, 0.5) is 0 Å². The van der Waals surface area contributed by atoms with Crippen LogP contribution in [0.25, 0.3) is 0 Å². The van der Waals surface area contributed by atoms with Gasteiger partial charge in [0.15, 0.2) is 0 Å². The van der Waals surface area contributed by atoms with Crippen molar-refractivity contribution in [3.63, 3.8) is 0 Å². The molecule has 29 heavy (non-hydrogen) atoms. The SMILES string of the molecule is CC(=O)O.CCOC(=O)C(CCCc1ccc(Cl)c(Cl)c1)NCc1ccccc1. The molecule has 0 saturated heterocycles. The lowest BCUT2D eigenvalue weighted by Gasteiger charge is -2.17. The van der Waals surface area contributed by atoms with Crippen LogP contribution in [0, 0.1) is 0 Å². The molecule has 0 amide bonds. The molecule has 158 valence electrons. The first-order valence-electron chi connectivity index (χ1n) is 9.40. The Labute approximate surface area is 182 Å². The predicted octanol–water partition coefficient (Wildman–Crippen LogP) is 5.13. The topological polar surface area (TPSA) is 75.6 Å². The van der Waals surface area contributed by atoms with E-state index >= 15 is 0 Å². The summed E-state index contributed by atoms with van der Waals surface area (Å²) in [5.74, 6) is -1.03. The molecule has 2 N–H and O–H groups in total. The molecule has 7 heteroatoms. The minimum Gasteiger partial charge on any atom is -0.481 e. The second-order valence-electron chi connectivity index (χ2n) is 6.33. The minimum absolute atomic E-state index is 0.201.